The summed E-state index contributed by atoms with van der Waals surface area (Å²) in [6.07, 6.45) is 0. The Morgan fingerprint density at radius 2 is 2.11 bits per heavy atom. The number of hydrogen-bond acceptors (Lipinski definition) is 6. The molecule has 2 heterocycles. The van der Waals surface area contributed by atoms with Crippen molar-refractivity contribution >= 4 is 0 Å². The summed E-state index contributed by atoms with van der Waals surface area (Å²) in [5.41, 5.74) is 7.82. The highest BCUT2D eigenvalue weighted by Gasteiger charge is 2.34. The fourth-order valence-electron chi connectivity index (χ4n) is 3.30. The van der Waals surface area contributed by atoms with E-state index in [0.717, 1.165) is 11.3 Å². The highest BCUT2D eigenvalue weighted by Crippen LogP contribution is 2.41. The lowest BCUT2D eigenvalue weighted by molar-refractivity contribution is 0.185. The second-order valence-electron chi connectivity index (χ2n) is 6.21. The van der Waals surface area contributed by atoms with Crippen LogP contribution in [0.2, 0.25) is 0 Å². The first-order chi connectivity index (χ1) is 13.0. The number of methoxy groups -OCH3 is 2. The van der Waals surface area contributed by atoms with Crippen LogP contribution in [0.4, 0.5) is 0 Å². The van der Waals surface area contributed by atoms with Gasteiger partial charge in [0.15, 0.2) is 0 Å². The third-order valence-corrected chi connectivity index (χ3v) is 4.64. The first-order valence-corrected chi connectivity index (χ1v) is 8.46. The fraction of sp³-hybridized carbons (Fsp3) is 0.300. The number of aryl methyl sites for hydroxylation is 1. The lowest BCUT2D eigenvalue weighted by Gasteiger charge is -2.27. The van der Waals surface area contributed by atoms with Gasteiger partial charge in [0.05, 0.1) is 25.2 Å². The normalized spacial score (nSPS) is 15.7. The molecule has 0 unspecified atom stereocenters. The molecule has 7 heteroatoms. The average molecular weight is 367 g/mol. The largest absolute Gasteiger partial charge is 0.497 e. The molecule has 0 spiro atoms. The van der Waals surface area contributed by atoms with Gasteiger partial charge in [0.1, 0.15) is 23.1 Å². The Morgan fingerprint density at radius 1 is 1.33 bits per heavy atom. The van der Waals surface area contributed by atoms with Gasteiger partial charge in [0.2, 0.25) is 5.88 Å². The molecule has 1 aliphatic heterocycles. The summed E-state index contributed by atoms with van der Waals surface area (Å²) in [4.78, 5) is 13.3. The van der Waals surface area contributed by atoms with Crippen LogP contribution in [0, 0.1) is 18.3 Å². The molecule has 0 saturated carbocycles. The number of hydrogen-bond donors (Lipinski definition) is 1. The number of aromatic nitrogens is 1. The molecule has 0 aliphatic carbocycles. The highest BCUT2D eigenvalue weighted by molar-refractivity contribution is 5.56. The molecule has 140 valence electrons. The SMILES string of the molecule is COCCn1c(C)cc2c(c1=O)[C@H](c1cccc(OC)c1)C(C#N)=C(N)O2. The second kappa shape index (κ2) is 7.56. The predicted octanol–water partition coefficient (Wildman–Crippen LogP) is 2.03. The molecule has 2 aromatic rings. The average Bonchev–Trinajstić information content (AvgIpc) is 2.66. The highest BCUT2D eigenvalue weighted by atomic mass is 16.5. The quantitative estimate of drug-likeness (QED) is 0.868. The molecule has 0 radical (unpaired) electrons. The van der Waals surface area contributed by atoms with E-state index in [0.29, 0.717) is 30.2 Å². The van der Waals surface area contributed by atoms with Crippen LogP contribution in [0.5, 0.6) is 11.5 Å². The summed E-state index contributed by atoms with van der Waals surface area (Å²) in [5, 5.41) is 9.67. The van der Waals surface area contributed by atoms with E-state index in [1.54, 1.807) is 37.0 Å². The number of fused-ring (bicyclic) bond motifs is 1. The van der Waals surface area contributed by atoms with Crippen molar-refractivity contribution in [2.45, 2.75) is 19.4 Å². The maximum Gasteiger partial charge on any atom is 0.258 e. The number of nitrogens with two attached hydrogens (primary N) is 1. The van der Waals surface area contributed by atoms with Crippen molar-refractivity contribution in [1.29, 1.82) is 5.26 Å². The summed E-state index contributed by atoms with van der Waals surface area (Å²) in [6, 6.07) is 11.1. The Labute approximate surface area is 157 Å². The Morgan fingerprint density at radius 3 is 2.78 bits per heavy atom. The molecule has 1 aliphatic rings. The van der Waals surface area contributed by atoms with E-state index in [1.807, 2.05) is 19.1 Å². The molecule has 0 bridgehead atoms. The summed E-state index contributed by atoms with van der Waals surface area (Å²) in [6.45, 7) is 2.62. The molecular weight excluding hydrogens is 346 g/mol. The van der Waals surface area contributed by atoms with E-state index in [4.69, 9.17) is 19.9 Å². The Kier molecular flexibility index (Phi) is 5.19. The number of allylic oxidation sites excluding steroid dienone is 1. The number of nitriles is 1. The van der Waals surface area contributed by atoms with E-state index >= 15 is 0 Å². The van der Waals surface area contributed by atoms with Crippen molar-refractivity contribution in [1.82, 2.24) is 4.57 Å². The van der Waals surface area contributed by atoms with E-state index in [-0.39, 0.29) is 17.0 Å². The standard InChI is InChI=1S/C20H21N3O4/c1-12-9-16-18(20(24)23(12)7-8-25-2)17(15(11-21)19(22)27-16)13-5-4-6-14(10-13)26-3/h4-6,9-10,17H,7-8,22H2,1-3H3/t17-/m1/s1. The summed E-state index contributed by atoms with van der Waals surface area (Å²) in [7, 11) is 3.14. The van der Waals surface area contributed by atoms with Crippen LogP contribution in [0.1, 0.15) is 22.7 Å². The van der Waals surface area contributed by atoms with Gasteiger partial charge in [-0.1, -0.05) is 12.1 Å². The third-order valence-electron chi connectivity index (χ3n) is 4.64. The van der Waals surface area contributed by atoms with Gasteiger partial charge in [0.25, 0.3) is 5.56 Å². The molecule has 2 N–H and O–H groups in total. The predicted molar refractivity (Wildman–Crippen MR) is 99.6 cm³/mol. The van der Waals surface area contributed by atoms with E-state index in [2.05, 4.69) is 6.07 Å². The van der Waals surface area contributed by atoms with E-state index in [1.165, 1.54) is 0 Å². The zero-order valence-corrected chi connectivity index (χ0v) is 15.5. The van der Waals surface area contributed by atoms with Crippen LogP contribution >= 0.6 is 0 Å². The van der Waals surface area contributed by atoms with Gasteiger partial charge >= 0.3 is 0 Å². The van der Waals surface area contributed by atoms with Crippen LogP contribution in [0.15, 0.2) is 46.6 Å². The molecule has 3 rings (SSSR count). The molecule has 1 aromatic heterocycles. The lowest BCUT2D eigenvalue weighted by Crippen LogP contribution is -2.33. The van der Waals surface area contributed by atoms with E-state index in [9.17, 15) is 10.1 Å². The Bertz CT molecular complexity index is 1000. The van der Waals surface area contributed by atoms with Crippen LogP contribution in [0.3, 0.4) is 0 Å². The molecule has 0 saturated heterocycles. The summed E-state index contributed by atoms with van der Waals surface area (Å²) < 4.78 is 17.7. The van der Waals surface area contributed by atoms with E-state index < -0.39 is 5.92 Å². The molecule has 27 heavy (non-hydrogen) atoms. The first-order valence-electron chi connectivity index (χ1n) is 8.46. The number of rotatable bonds is 5. The van der Waals surface area contributed by atoms with Crippen LogP contribution in [0.25, 0.3) is 0 Å². The van der Waals surface area contributed by atoms with Gasteiger partial charge in [-0.15, -0.1) is 0 Å². The van der Waals surface area contributed by atoms with Crippen molar-refractivity contribution in [3.63, 3.8) is 0 Å². The van der Waals surface area contributed by atoms with Crippen molar-refractivity contribution in [3.05, 3.63) is 69.0 Å². The number of pyridine rings is 1. The monoisotopic (exact) mass is 367 g/mol. The van der Waals surface area contributed by atoms with Gasteiger partial charge < -0.3 is 24.5 Å². The zero-order valence-electron chi connectivity index (χ0n) is 15.5. The van der Waals surface area contributed by atoms with Gasteiger partial charge in [-0.25, -0.2) is 0 Å². The molecular formula is C20H21N3O4. The summed E-state index contributed by atoms with van der Waals surface area (Å²) >= 11 is 0. The Hall–Kier alpha value is -3.24. The van der Waals surface area contributed by atoms with Gasteiger partial charge in [-0.2, -0.15) is 5.26 Å². The zero-order chi connectivity index (χ0) is 19.6. The minimum Gasteiger partial charge on any atom is -0.497 e. The van der Waals surface area contributed by atoms with Crippen LogP contribution in [-0.4, -0.2) is 25.4 Å². The van der Waals surface area contributed by atoms with Crippen molar-refractivity contribution in [3.8, 4) is 17.6 Å². The first kappa shape index (κ1) is 18.5. The molecule has 1 aromatic carbocycles. The fourth-order valence-corrected chi connectivity index (χ4v) is 3.30. The van der Waals surface area contributed by atoms with Gasteiger partial charge in [-0.3, -0.25) is 4.79 Å². The van der Waals surface area contributed by atoms with Crippen LogP contribution in [-0.2, 0) is 11.3 Å². The van der Waals surface area contributed by atoms with Gasteiger partial charge in [-0.05, 0) is 24.6 Å². The Balaban J connectivity index is 2.26. The number of nitrogens with zero attached hydrogens (tertiary/aromatic N) is 2. The minimum atomic E-state index is -0.629. The molecule has 0 amide bonds. The molecule has 7 nitrogen and oxygen atoms in total. The van der Waals surface area contributed by atoms with Crippen molar-refractivity contribution in [2.24, 2.45) is 5.73 Å². The minimum absolute atomic E-state index is 0.00580. The molecule has 1 atom stereocenters. The van der Waals surface area contributed by atoms with Gasteiger partial charge in [0, 0.05) is 25.4 Å². The maximum absolute atomic E-state index is 13.3. The van der Waals surface area contributed by atoms with Crippen molar-refractivity contribution in [2.75, 3.05) is 20.8 Å². The molecule has 0 fully saturated rings. The number of ether oxygens (including phenoxy) is 3. The maximum atomic E-state index is 13.3. The van der Waals surface area contributed by atoms with Crippen LogP contribution < -0.4 is 20.8 Å². The number of benzene rings is 1. The summed E-state index contributed by atoms with van der Waals surface area (Å²) in [5.74, 6) is 0.376. The smallest absolute Gasteiger partial charge is 0.258 e. The van der Waals surface area contributed by atoms with Crippen molar-refractivity contribution < 1.29 is 14.2 Å². The second-order valence-corrected chi connectivity index (χ2v) is 6.21. The third kappa shape index (κ3) is 3.27. The lowest BCUT2D eigenvalue weighted by atomic mass is 9.84. The topological polar surface area (TPSA) is 99.5 Å².